The van der Waals surface area contributed by atoms with Crippen LogP contribution >= 0.6 is 31.9 Å². The number of ether oxygens (including phenoxy) is 1. The van der Waals surface area contributed by atoms with Crippen molar-refractivity contribution in [1.29, 1.82) is 0 Å². The SMILES string of the molecule is CCCCC(Br)=C(Br)CCOC(=O)c1cc([N+](=O)[O-])cc([N+](=O)[O-])c1. The Hall–Kier alpha value is -1.81. The van der Waals surface area contributed by atoms with E-state index in [0.29, 0.717) is 6.42 Å². The molecule has 0 N–H and O–H groups in total. The van der Waals surface area contributed by atoms with E-state index >= 15 is 0 Å². The van der Waals surface area contributed by atoms with Crippen LogP contribution in [-0.2, 0) is 4.74 Å². The summed E-state index contributed by atoms with van der Waals surface area (Å²) in [6.45, 7) is 2.12. The number of unbranched alkanes of at least 4 members (excludes halogenated alkanes) is 1. The maximum absolute atomic E-state index is 12.0. The van der Waals surface area contributed by atoms with Gasteiger partial charge in [-0.1, -0.05) is 45.2 Å². The van der Waals surface area contributed by atoms with Gasteiger partial charge in [-0.05, 0) is 12.8 Å². The number of non-ortho nitro benzene ring substituents is 2. The minimum Gasteiger partial charge on any atom is -0.462 e. The van der Waals surface area contributed by atoms with Crippen molar-refractivity contribution in [3.63, 3.8) is 0 Å². The van der Waals surface area contributed by atoms with Crippen molar-refractivity contribution < 1.29 is 19.4 Å². The van der Waals surface area contributed by atoms with Crippen molar-refractivity contribution in [2.24, 2.45) is 0 Å². The second-order valence-corrected chi connectivity index (χ2v) is 6.97. The minimum absolute atomic E-state index is 0.0388. The van der Waals surface area contributed by atoms with E-state index in [4.69, 9.17) is 4.74 Å². The lowest BCUT2D eigenvalue weighted by atomic mass is 10.2. The highest BCUT2D eigenvalue weighted by atomic mass is 79.9. The number of carbonyl (C=O) groups excluding carboxylic acids is 1. The summed E-state index contributed by atoms with van der Waals surface area (Å²) in [4.78, 5) is 32.1. The molecule has 0 heterocycles. The predicted molar refractivity (Wildman–Crippen MR) is 99.1 cm³/mol. The van der Waals surface area contributed by atoms with Crippen LogP contribution in [0.1, 0.15) is 43.0 Å². The molecule has 8 nitrogen and oxygen atoms in total. The first-order chi connectivity index (χ1) is 11.8. The number of benzene rings is 1. The largest absolute Gasteiger partial charge is 0.462 e. The normalized spacial score (nSPS) is 11.6. The van der Waals surface area contributed by atoms with Gasteiger partial charge in [0.05, 0.1) is 28.1 Å². The molecule has 0 saturated heterocycles. The van der Waals surface area contributed by atoms with Gasteiger partial charge in [0, 0.05) is 27.5 Å². The van der Waals surface area contributed by atoms with Crippen LogP contribution in [0.25, 0.3) is 0 Å². The average Bonchev–Trinajstić information content (AvgIpc) is 2.58. The molecule has 0 aliphatic rings. The van der Waals surface area contributed by atoms with Gasteiger partial charge in [0.25, 0.3) is 11.4 Å². The van der Waals surface area contributed by atoms with Gasteiger partial charge >= 0.3 is 5.97 Å². The summed E-state index contributed by atoms with van der Waals surface area (Å²) in [5.74, 6) is -0.850. The van der Waals surface area contributed by atoms with Gasteiger partial charge < -0.3 is 4.74 Å². The highest BCUT2D eigenvalue weighted by molar-refractivity contribution is 9.14. The highest BCUT2D eigenvalue weighted by Crippen LogP contribution is 2.26. The molecule has 0 saturated carbocycles. The first kappa shape index (κ1) is 21.2. The van der Waals surface area contributed by atoms with Crippen LogP contribution in [0, 0.1) is 20.2 Å². The molecule has 136 valence electrons. The molecule has 0 radical (unpaired) electrons. The molecule has 0 aliphatic heterocycles. The molecule has 25 heavy (non-hydrogen) atoms. The van der Waals surface area contributed by atoms with E-state index in [0.717, 1.165) is 46.4 Å². The topological polar surface area (TPSA) is 113 Å². The van der Waals surface area contributed by atoms with E-state index in [1.54, 1.807) is 0 Å². The van der Waals surface area contributed by atoms with Crippen molar-refractivity contribution in [3.05, 3.63) is 53.0 Å². The number of nitro benzene ring substituents is 2. The third-order valence-corrected chi connectivity index (χ3v) is 5.44. The molecule has 0 amide bonds. The van der Waals surface area contributed by atoms with E-state index in [9.17, 15) is 25.0 Å². The van der Waals surface area contributed by atoms with Gasteiger partial charge in [0.1, 0.15) is 0 Å². The molecule has 0 atom stereocenters. The Morgan fingerprint density at radius 3 is 2.04 bits per heavy atom. The van der Waals surface area contributed by atoms with Gasteiger partial charge in [-0.2, -0.15) is 0 Å². The highest BCUT2D eigenvalue weighted by Gasteiger charge is 2.20. The fourth-order valence-electron chi connectivity index (χ4n) is 1.84. The van der Waals surface area contributed by atoms with Gasteiger partial charge in [0.15, 0.2) is 0 Å². The smallest absolute Gasteiger partial charge is 0.338 e. The Labute approximate surface area is 160 Å². The van der Waals surface area contributed by atoms with Crippen LogP contribution in [0.3, 0.4) is 0 Å². The Balaban J connectivity index is 2.78. The van der Waals surface area contributed by atoms with Crippen LogP contribution in [0.5, 0.6) is 0 Å². The number of esters is 1. The zero-order valence-electron chi connectivity index (χ0n) is 13.4. The summed E-state index contributed by atoms with van der Waals surface area (Å²) in [5, 5.41) is 21.7. The van der Waals surface area contributed by atoms with Crippen LogP contribution in [0.2, 0.25) is 0 Å². The average molecular weight is 480 g/mol. The van der Waals surface area contributed by atoms with Gasteiger partial charge in [-0.3, -0.25) is 20.2 Å². The first-order valence-electron chi connectivity index (χ1n) is 7.40. The number of hydrogen-bond acceptors (Lipinski definition) is 6. The second kappa shape index (κ2) is 10.2. The maximum Gasteiger partial charge on any atom is 0.338 e. The zero-order chi connectivity index (χ0) is 19.0. The van der Waals surface area contributed by atoms with Gasteiger partial charge in [-0.15, -0.1) is 0 Å². The van der Waals surface area contributed by atoms with E-state index in [1.165, 1.54) is 0 Å². The third kappa shape index (κ3) is 6.91. The number of carbonyl (C=O) groups is 1. The standard InChI is InChI=1S/C15H16Br2N2O6/c1-2-3-4-13(16)14(17)5-6-25-15(20)10-7-11(18(21)22)9-12(8-10)19(23)24/h7-9H,2-6H2,1H3. The van der Waals surface area contributed by atoms with E-state index in [2.05, 4.69) is 38.8 Å². The lowest BCUT2D eigenvalue weighted by Crippen LogP contribution is -2.08. The Morgan fingerprint density at radius 2 is 1.56 bits per heavy atom. The molecule has 0 fully saturated rings. The summed E-state index contributed by atoms with van der Waals surface area (Å²) < 4.78 is 6.90. The molecule has 1 rings (SSSR count). The fraction of sp³-hybridized carbons (Fsp3) is 0.400. The van der Waals surface area contributed by atoms with Crippen molar-refractivity contribution in [2.45, 2.75) is 32.6 Å². The van der Waals surface area contributed by atoms with Crippen LogP contribution < -0.4 is 0 Å². The number of nitro groups is 2. The quantitative estimate of drug-likeness (QED) is 0.272. The molecule has 0 aliphatic carbocycles. The van der Waals surface area contributed by atoms with Crippen molar-refractivity contribution in [2.75, 3.05) is 6.61 Å². The zero-order valence-corrected chi connectivity index (χ0v) is 16.5. The number of halogens is 2. The van der Waals surface area contributed by atoms with Gasteiger partial charge in [0.2, 0.25) is 0 Å². The van der Waals surface area contributed by atoms with Crippen molar-refractivity contribution in [3.8, 4) is 0 Å². The number of allylic oxidation sites excluding steroid dienone is 1. The lowest BCUT2D eigenvalue weighted by molar-refractivity contribution is -0.394. The number of rotatable bonds is 9. The van der Waals surface area contributed by atoms with Crippen LogP contribution in [0.15, 0.2) is 27.2 Å². The first-order valence-corrected chi connectivity index (χ1v) is 8.98. The molecule has 0 bridgehead atoms. The molecule has 1 aromatic carbocycles. The summed E-state index contributed by atoms with van der Waals surface area (Å²) in [6, 6.07) is 2.70. The Morgan fingerprint density at radius 1 is 1.04 bits per heavy atom. The Bertz CT molecular complexity index is 673. The summed E-state index contributed by atoms with van der Waals surface area (Å²) >= 11 is 6.85. The molecular weight excluding hydrogens is 464 g/mol. The van der Waals surface area contributed by atoms with Gasteiger partial charge in [-0.25, -0.2) is 4.79 Å². The van der Waals surface area contributed by atoms with Crippen LogP contribution in [-0.4, -0.2) is 22.4 Å². The maximum atomic E-state index is 12.0. The molecule has 10 heteroatoms. The second-order valence-electron chi connectivity index (χ2n) is 5.05. The molecule has 0 spiro atoms. The minimum atomic E-state index is -0.850. The fourth-order valence-corrected chi connectivity index (χ4v) is 2.68. The lowest BCUT2D eigenvalue weighted by Gasteiger charge is -2.07. The van der Waals surface area contributed by atoms with E-state index < -0.39 is 27.2 Å². The van der Waals surface area contributed by atoms with E-state index in [-0.39, 0.29) is 12.2 Å². The molecule has 0 aromatic heterocycles. The molecule has 0 unspecified atom stereocenters. The summed E-state index contributed by atoms with van der Waals surface area (Å²) in [6.07, 6.45) is 3.36. The molecular formula is C15H16Br2N2O6. The number of nitrogens with zero attached hydrogens (tertiary/aromatic N) is 2. The van der Waals surface area contributed by atoms with Crippen molar-refractivity contribution >= 4 is 49.2 Å². The Kier molecular flexibility index (Phi) is 8.70. The van der Waals surface area contributed by atoms with Crippen LogP contribution in [0.4, 0.5) is 11.4 Å². The third-order valence-electron chi connectivity index (χ3n) is 3.16. The summed E-state index contributed by atoms with van der Waals surface area (Å²) in [5.41, 5.74) is -1.31. The summed E-state index contributed by atoms with van der Waals surface area (Å²) in [7, 11) is 0. The monoisotopic (exact) mass is 478 g/mol. The molecule has 1 aromatic rings. The van der Waals surface area contributed by atoms with E-state index in [1.807, 2.05) is 0 Å². The van der Waals surface area contributed by atoms with Crippen molar-refractivity contribution in [1.82, 2.24) is 0 Å². The number of hydrogen-bond donors (Lipinski definition) is 0. The predicted octanol–water partition coefficient (Wildman–Crippen LogP) is 5.24.